The summed E-state index contributed by atoms with van der Waals surface area (Å²) in [5.41, 5.74) is 0. The Hall–Kier alpha value is -1.03. The molecule has 0 fully saturated rings. The van der Waals surface area contributed by atoms with Crippen molar-refractivity contribution in [2.24, 2.45) is 0 Å². The molecule has 5 heteroatoms. The Morgan fingerprint density at radius 3 is 2.64 bits per heavy atom. The van der Waals surface area contributed by atoms with Crippen LogP contribution in [0.25, 0.3) is 0 Å². The summed E-state index contributed by atoms with van der Waals surface area (Å²) in [5.74, 6) is 1.17. The van der Waals surface area contributed by atoms with Gasteiger partial charge in [-0.05, 0) is 4.98 Å². The lowest BCUT2D eigenvalue weighted by Gasteiger charge is -1.93. The molecule has 11 heavy (non-hydrogen) atoms. The summed E-state index contributed by atoms with van der Waals surface area (Å²) in [5, 5.41) is 0. The SMILES string of the molecule is COc1cc(OC)[nH+]cn1.[Cl-]. The van der Waals surface area contributed by atoms with E-state index in [9.17, 15) is 0 Å². The first-order valence-electron chi connectivity index (χ1n) is 2.82. The molecule has 0 radical (unpaired) electrons. The van der Waals surface area contributed by atoms with Crippen molar-refractivity contribution in [3.05, 3.63) is 12.4 Å². The van der Waals surface area contributed by atoms with Crippen molar-refractivity contribution in [1.29, 1.82) is 0 Å². The van der Waals surface area contributed by atoms with Crippen LogP contribution in [0.5, 0.6) is 11.8 Å². The number of halogens is 1. The van der Waals surface area contributed by atoms with Gasteiger partial charge in [0.25, 0.3) is 12.2 Å². The Morgan fingerprint density at radius 1 is 1.36 bits per heavy atom. The molecule has 1 aromatic heterocycles. The first-order valence-corrected chi connectivity index (χ1v) is 2.82. The van der Waals surface area contributed by atoms with E-state index in [1.54, 1.807) is 20.3 Å². The number of H-pyrrole nitrogens is 1. The zero-order valence-electron chi connectivity index (χ0n) is 6.30. The Kier molecular flexibility index (Phi) is 4.29. The summed E-state index contributed by atoms with van der Waals surface area (Å²) in [4.78, 5) is 6.63. The Bertz CT molecular complexity index is 200. The number of methoxy groups -OCH3 is 2. The second kappa shape index (κ2) is 4.73. The molecular weight excluding hydrogens is 168 g/mol. The number of nitrogens with zero attached hydrogens (tertiary/aromatic N) is 1. The van der Waals surface area contributed by atoms with E-state index >= 15 is 0 Å². The molecule has 0 aromatic carbocycles. The van der Waals surface area contributed by atoms with Gasteiger partial charge in [-0.3, -0.25) is 0 Å². The van der Waals surface area contributed by atoms with Crippen LogP contribution in [0, 0.1) is 0 Å². The monoisotopic (exact) mass is 176 g/mol. The predicted octanol–water partition coefficient (Wildman–Crippen LogP) is -3.08. The number of aromatic nitrogens is 2. The van der Waals surface area contributed by atoms with Crippen molar-refractivity contribution in [2.75, 3.05) is 14.2 Å². The number of nitrogens with one attached hydrogen (secondary N) is 1. The first-order chi connectivity index (χ1) is 4.86. The summed E-state index contributed by atoms with van der Waals surface area (Å²) in [6.07, 6.45) is 1.51. The van der Waals surface area contributed by atoms with Gasteiger partial charge in [0, 0.05) is 0 Å². The van der Waals surface area contributed by atoms with Crippen molar-refractivity contribution in [3.8, 4) is 11.8 Å². The maximum absolute atomic E-state index is 4.88. The molecule has 1 rings (SSSR count). The molecule has 4 nitrogen and oxygen atoms in total. The smallest absolute Gasteiger partial charge is 0.335 e. The van der Waals surface area contributed by atoms with E-state index in [-0.39, 0.29) is 12.4 Å². The first kappa shape index (κ1) is 9.97. The summed E-state index contributed by atoms with van der Waals surface area (Å²) in [6, 6.07) is 1.67. The van der Waals surface area contributed by atoms with E-state index in [1.165, 1.54) is 6.33 Å². The third-order valence-corrected chi connectivity index (χ3v) is 1.08. The molecule has 0 bridgehead atoms. The van der Waals surface area contributed by atoms with E-state index < -0.39 is 0 Å². The third kappa shape index (κ3) is 2.59. The molecule has 0 atom stereocenters. The summed E-state index contributed by atoms with van der Waals surface area (Å²) in [7, 11) is 3.13. The summed E-state index contributed by atoms with van der Waals surface area (Å²) >= 11 is 0. The Labute approximate surface area is 71.0 Å². The number of hydrogen-bond donors (Lipinski definition) is 0. The highest BCUT2D eigenvalue weighted by Crippen LogP contribution is 2.07. The molecule has 0 spiro atoms. The van der Waals surface area contributed by atoms with E-state index in [0.29, 0.717) is 11.8 Å². The lowest BCUT2D eigenvalue weighted by atomic mass is 10.6. The van der Waals surface area contributed by atoms with Crippen LogP contribution in [0.1, 0.15) is 0 Å². The second-order valence-corrected chi connectivity index (χ2v) is 1.66. The van der Waals surface area contributed by atoms with Crippen LogP contribution in [-0.4, -0.2) is 19.2 Å². The molecule has 0 aliphatic rings. The molecule has 1 heterocycles. The van der Waals surface area contributed by atoms with E-state index in [1.807, 2.05) is 0 Å². The molecule has 0 aliphatic carbocycles. The van der Waals surface area contributed by atoms with Gasteiger partial charge in [0.15, 0.2) is 0 Å². The predicted molar refractivity (Wildman–Crippen MR) is 33.9 cm³/mol. The summed E-state index contributed by atoms with van der Waals surface area (Å²) in [6.45, 7) is 0. The van der Waals surface area contributed by atoms with Gasteiger partial charge in [-0.25, -0.2) is 4.98 Å². The Balaban J connectivity index is 0.000001000. The zero-order valence-corrected chi connectivity index (χ0v) is 7.05. The minimum atomic E-state index is 0. The van der Waals surface area contributed by atoms with Crippen molar-refractivity contribution in [3.63, 3.8) is 0 Å². The highest BCUT2D eigenvalue weighted by atomic mass is 35.5. The number of ether oxygens (including phenoxy) is 2. The fourth-order valence-corrected chi connectivity index (χ4v) is 0.580. The van der Waals surface area contributed by atoms with Gasteiger partial charge in [0.05, 0.1) is 14.2 Å². The third-order valence-electron chi connectivity index (χ3n) is 1.08. The van der Waals surface area contributed by atoms with Gasteiger partial charge >= 0.3 is 5.88 Å². The van der Waals surface area contributed by atoms with E-state index in [2.05, 4.69) is 9.97 Å². The van der Waals surface area contributed by atoms with Crippen molar-refractivity contribution >= 4 is 0 Å². The van der Waals surface area contributed by atoms with Crippen LogP contribution in [0.2, 0.25) is 0 Å². The van der Waals surface area contributed by atoms with Crippen molar-refractivity contribution < 1.29 is 26.9 Å². The molecule has 1 aromatic rings. The summed E-state index contributed by atoms with van der Waals surface area (Å²) < 4.78 is 9.73. The van der Waals surface area contributed by atoms with Crippen LogP contribution in [-0.2, 0) is 0 Å². The van der Waals surface area contributed by atoms with Gasteiger partial charge in [0.2, 0.25) is 0 Å². The average molecular weight is 177 g/mol. The fourth-order valence-electron chi connectivity index (χ4n) is 0.580. The quantitative estimate of drug-likeness (QED) is 0.480. The van der Waals surface area contributed by atoms with Crippen LogP contribution in [0.3, 0.4) is 0 Å². The number of hydrogen-bond acceptors (Lipinski definition) is 3. The molecule has 0 aliphatic heterocycles. The highest BCUT2D eigenvalue weighted by molar-refractivity contribution is 5.12. The molecule has 1 N–H and O–H groups in total. The lowest BCUT2D eigenvalue weighted by Crippen LogP contribution is -3.00. The minimum absolute atomic E-state index is 0. The van der Waals surface area contributed by atoms with E-state index in [4.69, 9.17) is 9.47 Å². The molecule has 0 unspecified atom stereocenters. The van der Waals surface area contributed by atoms with Crippen LogP contribution < -0.4 is 26.9 Å². The fraction of sp³-hybridized carbons (Fsp3) is 0.333. The maximum atomic E-state index is 4.88. The second-order valence-electron chi connectivity index (χ2n) is 1.66. The van der Waals surface area contributed by atoms with Gasteiger partial charge in [-0.2, -0.15) is 0 Å². The van der Waals surface area contributed by atoms with Gasteiger partial charge < -0.3 is 21.9 Å². The molecule has 0 saturated heterocycles. The number of rotatable bonds is 2. The zero-order chi connectivity index (χ0) is 7.40. The van der Waals surface area contributed by atoms with Gasteiger partial charge in [-0.1, -0.05) is 0 Å². The molecule has 62 valence electrons. The van der Waals surface area contributed by atoms with Gasteiger partial charge in [-0.15, -0.1) is 0 Å². The molecular formula is C6H9ClN2O2. The van der Waals surface area contributed by atoms with Crippen LogP contribution in [0.4, 0.5) is 0 Å². The van der Waals surface area contributed by atoms with Crippen molar-refractivity contribution in [1.82, 2.24) is 4.98 Å². The standard InChI is InChI=1S/C6H8N2O2.ClH/c1-9-5-3-6(10-2)8-4-7-5;/h3-4H,1-2H3;1H. The van der Waals surface area contributed by atoms with Crippen LogP contribution >= 0.6 is 0 Å². The molecule has 0 amide bonds. The average Bonchev–Trinajstić information content (AvgIpc) is 2.05. The normalized spacial score (nSPS) is 8.18. The highest BCUT2D eigenvalue weighted by Gasteiger charge is 2.02. The van der Waals surface area contributed by atoms with Crippen molar-refractivity contribution in [2.45, 2.75) is 0 Å². The Morgan fingerprint density at radius 2 is 2.09 bits per heavy atom. The van der Waals surface area contributed by atoms with Crippen LogP contribution in [0.15, 0.2) is 12.4 Å². The minimum Gasteiger partial charge on any atom is -1.00 e. The lowest BCUT2D eigenvalue weighted by molar-refractivity contribution is -0.397. The number of aromatic amines is 1. The van der Waals surface area contributed by atoms with Gasteiger partial charge in [0.1, 0.15) is 6.07 Å². The largest absolute Gasteiger partial charge is 1.00 e. The maximum Gasteiger partial charge on any atom is 0.335 e. The van der Waals surface area contributed by atoms with E-state index in [0.717, 1.165) is 0 Å². The topological polar surface area (TPSA) is 45.5 Å². The molecule has 0 saturated carbocycles.